The summed E-state index contributed by atoms with van der Waals surface area (Å²) in [5.41, 5.74) is 0.997. The minimum atomic E-state index is -0.305. The molecule has 0 spiro atoms. The predicted molar refractivity (Wildman–Crippen MR) is 88.8 cm³/mol. The first-order chi connectivity index (χ1) is 11.7. The Morgan fingerprint density at radius 2 is 2.25 bits per heavy atom. The van der Waals surface area contributed by atoms with E-state index in [-0.39, 0.29) is 5.82 Å². The van der Waals surface area contributed by atoms with E-state index in [0.29, 0.717) is 36.1 Å². The van der Waals surface area contributed by atoms with Crippen LogP contribution in [0, 0.1) is 23.1 Å². The van der Waals surface area contributed by atoms with Crippen molar-refractivity contribution in [1.82, 2.24) is 9.88 Å². The number of halogens is 1. The third-order valence-corrected chi connectivity index (χ3v) is 4.28. The minimum Gasteiger partial charge on any atom is -0.477 e. The smallest absolute Gasteiger partial charge is 0.213 e. The molecule has 4 nitrogen and oxygen atoms in total. The van der Waals surface area contributed by atoms with Gasteiger partial charge in [-0.3, -0.25) is 4.90 Å². The number of nitriles is 1. The first kappa shape index (κ1) is 16.4. The van der Waals surface area contributed by atoms with Gasteiger partial charge in [-0.2, -0.15) is 5.26 Å². The van der Waals surface area contributed by atoms with E-state index in [1.807, 2.05) is 24.3 Å². The number of rotatable bonds is 5. The average Bonchev–Trinajstić information content (AvgIpc) is 2.63. The zero-order chi connectivity index (χ0) is 16.8. The van der Waals surface area contributed by atoms with Crippen LogP contribution in [-0.4, -0.2) is 29.6 Å². The third kappa shape index (κ3) is 4.30. The zero-order valence-corrected chi connectivity index (χ0v) is 13.5. The summed E-state index contributed by atoms with van der Waals surface area (Å²) in [6, 6.07) is 12.3. The van der Waals surface area contributed by atoms with Crippen molar-refractivity contribution >= 4 is 0 Å². The number of aromatic nitrogens is 1. The molecule has 1 fully saturated rings. The van der Waals surface area contributed by atoms with Crippen molar-refractivity contribution in [1.29, 1.82) is 5.26 Å². The second-order valence-electron chi connectivity index (χ2n) is 6.14. The van der Waals surface area contributed by atoms with Gasteiger partial charge in [-0.05, 0) is 37.6 Å². The second kappa shape index (κ2) is 7.89. The summed E-state index contributed by atoms with van der Waals surface area (Å²) in [4.78, 5) is 6.42. The molecule has 1 atom stereocenters. The lowest BCUT2D eigenvalue weighted by atomic mass is 9.98. The van der Waals surface area contributed by atoms with E-state index in [4.69, 9.17) is 10.00 Å². The Balaban J connectivity index is 1.55. The Kier molecular flexibility index (Phi) is 5.39. The van der Waals surface area contributed by atoms with Crippen LogP contribution in [0.3, 0.4) is 0 Å². The molecule has 5 heteroatoms. The molecule has 24 heavy (non-hydrogen) atoms. The molecule has 2 aromatic rings. The Bertz CT molecular complexity index is 714. The molecule has 0 aliphatic carbocycles. The number of ether oxygens (including phenoxy) is 1. The monoisotopic (exact) mass is 325 g/mol. The molecule has 0 saturated carbocycles. The van der Waals surface area contributed by atoms with Crippen molar-refractivity contribution in [3.8, 4) is 11.9 Å². The van der Waals surface area contributed by atoms with Crippen molar-refractivity contribution in [2.24, 2.45) is 5.92 Å². The van der Waals surface area contributed by atoms with Crippen molar-refractivity contribution in [2.45, 2.75) is 19.4 Å². The van der Waals surface area contributed by atoms with Crippen LogP contribution in [0.2, 0.25) is 0 Å². The highest BCUT2D eigenvalue weighted by molar-refractivity contribution is 5.32. The normalized spacial score (nSPS) is 18.1. The second-order valence-corrected chi connectivity index (χ2v) is 6.14. The lowest BCUT2D eigenvalue weighted by Crippen LogP contribution is -2.37. The fraction of sp³-hybridized carbons (Fsp3) is 0.368. The summed E-state index contributed by atoms with van der Waals surface area (Å²) in [7, 11) is 0. The number of nitrogens with zero attached hydrogens (tertiary/aromatic N) is 3. The van der Waals surface area contributed by atoms with Crippen LogP contribution in [0.25, 0.3) is 0 Å². The average molecular weight is 325 g/mol. The standard InChI is InChI=1S/C19H20FN3O/c20-18-10-15(11-21)6-7-17(18)13-23-9-3-4-16(12-23)14-24-19-5-1-2-8-22-19/h1-2,5-8,10,16H,3-4,9,12-14H2. The Labute approximate surface area is 141 Å². The van der Waals surface area contributed by atoms with Crippen molar-refractivity contribution < 1.29 is 9.13 Å². The summed E-state index contributed by atoms with van der Waals surface area (Å²) in [5.74, 6) is 0.760. The van der Waals surface area contributed by atoms with Gasteiger partial charge >= 0.3 is 0 Å². The quantitative estimate of drug-likeness (QED) is 0.845. The summed E-state index contributed by atoms with van der Waals surface area (Å²) in [6.45, 7) is 3.03. The lowest BCUT2D eigenvalue weighted by molar-refractivity contribution is 0.122. The highest BCUT2D eigenvalue weighted by Gasteiger charge is 2.21. The van der Waals surface area contributed by atoms with Crippen molar-refractivity contribution in [3.63, 3.8) is 0 Å². The first-order valence-electron chi connectivity index (χ1n) is 8.19. The van der Waals surface area contributed by atoms with Gasteiger partial charge in [-0.1, -0.05) is 12.1 Å². The van der Waals surface area contributed by atoms with Crippen LogP contribution in [0.4, 0.5) is 4.39 Å². The SMILES string of the molecule is N#Cc1ccc(CN2CCCC(COc3ccccn3)C2)c(F)c1. The van der Waals surface area contributed by atoms with Crippen LogP contribution >= 0.6 is 0 Å². The molecular weight excluding hydrogens is 305 g/mol. The number of hydrogen-bond acceptors (Lipinski definition) is 4. The van der Waals surface area contributed by atoms with Crippen LogP contribution in [0.15, 0.2) is 42.6 Å². The van der Waals surface area contributed by atoms with E-state index < -0.39 is 0 Å². The molecule has 1 unspecified atom stereocenters. The molecule has 0 radical (unpaired) electrons. The van der Waals surface area contributed by atoms with Gasteiger partial charge in [0.25, 0.3) is 0 Å². The maximum absolute atomic E-state index is 14.0. The highest BCUT2D eigenvalue weighted by atomic mass is 19.1. The molecule has 1 aromatic carbocycles. The molecule has 124 valence electrons. The number of hydrogen-bond donors (Lipinski definition) is 0. The molecule has 2 heterocycles. The fourth-order valence-electron chi connectivity index (χ4n) is 3.05. The fourth-order valence-corrected chi connectivity index (χ4v) is 3.05. The summed E-state index contributed by atoms with van der Waals surface area (Å²) >= 11 is 0. The van der Waals surface area contributed by atoms with Crippen molar-refractivity contribution in [2.75, 3.05) is 19.7 Å². The van der Waals surface area contributed by atoms with E-state index in [0.717, 1.165) is 25.9 Å². The topological polar surface area (TPSA) is 49.2 Å². The highest BCUT2D eigenvalue weighted by Crippen LogP contribution is 2.21. The first-order valence-corrected chi connectivity index (χ1v) is 8.19. The van der Waals surface area contributed by atoms with E-state index in [2.05, 4.69) is 9.88 Å². The van der Waals surface area contributed by atoms with Gasteiger partial charge in [0.1, 0.15) is 5.82 Å². The molecule has 1 saturated heterocycles. The molecule has 0 bridgehead atoms. The molecule has 1 aliphatic rings. The Hall–Kier alpha value is -2.45. The predicted octanol–water partition coefficient (Wildman–Crippen LogP) is 3.38. The van der Waals surface area contributed by atoms with Gasteiger partial charge in [0, 0.05) is 36.8 Å². The van der Waals surface area contributed by atoms with Gasteiger partial charge in [0.2, 0.25) is 5.88 Å². The summed E-state index contributed by atoms with van der Waals surface area (Å²) in [6.07, 6.45) is 3.91. The Morgan fingerprint density at radius 1 is 1.33 bits per heavy atom. The number of benzene rings is 1. The number of likely N-dealkylation sites (tertiary alicyclic amines) is 1. The van der Waals surface area contributed by atoms with E-state index in [1.165, 1.54) is 6.07 Å². The van der Waals surface area contributed by atoms with Crippen molar-refractivity contribution in [3.05, 3.63) is 59.5 Å². The van der Waals surface area contributed by atoms with Crippen LogP contribution in [0.5, 0.6) is 5.88 Å². The van der Waals surface area contributed by atoms with Crippen LogP contribution in [-0.2, 0) is 6.54 Å². The molecule has 3 rings (SSSR count). The largest absolute Gasteiger partial charge is 0.477 e. The molecule has 1 aliphatic heterocycles. The van der Waals surface area contributed by atoms with E-state index >= 15 is 0 Å². The maximum Gasteiger partial charge on any atom is 0.213 e. The van der Waals surface area contributed by atoms with E-state index in [1.54, 1.807) is 18.3 Å². The number of pyridine rings is 1. The van der Waals surface area contributed by atoms with Gasteiger partial charge in [-0.25, -0.2) is 9.37 Å². The maximum atomic E-state index is 14.0. The molecule has 0 N–H and O–H groups in total. The molecule has 1 aromatic heterocycles. The summed E-state index contributed by atoms with van der Waals surface area (Å²) < 4.78 is 19.8. The Morgan fingerprint density at radius 3 is 3.00 bits per heavy atom. The van der Waals surface area contributed by atoms with Gasteiger partial charge < -0.3 is 4.74 Å². The molecule has 0 amide bonds. The van der Waals surface area contributed by atoms with Crippen LogP contribution < -0.4 is 4.74 Å². The number of piperidine rings is 1. The van der Waals surface area contributed by atoms with Gasteiger partial charge in [0.15, 0.2) is 0 Å². The zero-order valence-electron chi connectivity index (χ0n) is 13.5. The summed E-state index contributed by atoms with van der Waals surface area (Å²) in [5, 5.41) is 8.82. The van der Waals surface area contributed by atoms with Gasteiger partial charge in [0.05, 0.1) is 18.2 Å². The molecular formula is C19H20FN3O. The third-order valence-electron chi connectivity index (χ3n) is 4.28. The lowest BCUT2D eigenvalue weighted by Gasteiger charge is -2.32. The van der Waals surface area contributed by atoms with Gasteiger partial charge in [-0.15, -0.1) is 0 Å². The minimum absolute atomic E-state index is 0.305. The van der Waals surface area contributed by atoms with E-state index in [9.17, 15) is 4.39 Å². The van der Waals surface area contributed by atoms with Crippen LogP contribution in [0.1, 0.15) is 24.0 Å².